The van der Waals surface area contributed by atoms with Crippen molar-refractivity contribution in [2.75, 3.05) is 0 Å². The summed E-state index contributed by atoms with van der Waals surface area (Å²) in [6, 6.07) is 5.29. The van der Waals surface area contributed by atoms with Crippen molar-refractivity contribution in [1.82, 2.24) is 14.9 Å². The van der Waals surface area contributed by atoms with Gasteiger partial charge in [-0.05, 0) is 57.2 Å². The van der Waals surface area contributed by atoms with Gasteiger partial charge in [0.2, 0.25) is 0 Å². The lowest BCUT2D eigenvalue weighted by atomic mass is 9.92. The molecule has 0 bridgehead atoms. The molecule has 6 heteroatoms. The lowest BCUT2D eigenvalue weighted by Gasteiger charge is -2.25. The molecule has 2 rings (SSSR count). The summed E-state index contributed by atoms with van der Waals surface area (Å²) >= 11 is 0. The Hall–Kier alpha value is -2.63. The van der Waals surface area contributed by atoms with E-state index in [1.54, 1.807) is 27.0 Å². The lowest BCUT2D eigenvalue weighted by Crippen LogP contribution is -2.48. The van der Waals surface area contributed by atoms with Crippen molar-refractivity contribution >= 4 is 12.0 Å². The number of carbonyl (C=O) groups is 2. The van der Waals surface area contributed by atoms with Crippen LogP contribution in [-0.2, 0) is 4.74 Å². The van der Waals surface area contributed by atoms with Crippen LogP contribution in [0.3, 0.4) is 0 Å². The summed E-state index contributed by atoms with van der Waals surface area (Å²) in [4.78, 5) is 29.6. The van der Waals surface area contributed by atoms with Gasteiger partial charge in [-0.25, -0.2) is 9.78 Å². The smallest absolute Gasteiger partial charge is 0.408 e. The number of aromatic nitrogens is 2. The molecule has 29 heavy (non-hydrogen) atoms. The number of carbonyl (C=O) groups excluding carboxylic acids is 2. The van der Waals surface area contributed by atoms with Crippen LogP contribution in [0.15, 0.2) is 30.7 Å². The van der Waals surface area contributed by atoms with Crippen LogP contribution in [0.25, 0.3) is 0 Å². The normalized spacial score (nSPS) is 13.8. The van der Waals surface area contributed by atoms with E-state index in [-0.39, 0.29) is 17.7 Å². The summed E-state index contributed by atoms with van der Waals surface area (Å²) in [5, 5.41) is 2.69. The number of nitrogens with zero attached hydrogens (tertiary/aromatic N) is 2. The fraction of sp³-hybridized carbons (Fsp3) is 0.478. The summed E-state index contributed by atoms with van der Waals surface area (Å²) in [6.45, 7) is 17.3. The second-order valence-electron chi connectivity index (χ2n) is 8.77. The molecule has 157 valence electrons. The first-order valence-electron chi connectivity index (χ1n) is 9.89. The molecule has 1 amide bonds. The van der Waals surface area contributed by atoms with E-state index in [1.807, 2.05) is 32.9 Å². The second-order valence-corrected chi connectivity index (χ2v) is 8.77. The zero-order chi connectivity index (χ0) is 21.9. The number of imidazole rings is 1. The molecule has 1 heterocycles. The molecule has 0 fully saturated rings. The molecule has 0 spiro atoms. The highest BCUT2D eigenvalue weighted by Crippen LogP contribution is 2.27. The predicted octanol–water partition coefficient (Wildman–Crippen LogP) is 4.72. The summed E-state index contributed by atoms with van der Waals surface area (Å²) in [7, 11) is 0. The van der Waals surface area contributed by atoms with Crippen molar-refractivity contribution in [3.8, 4) is 0 Å². The third-order valence-corrected chi connectivity index (χ3v) is 4.86. The van der Waals surface area contributed by atoms with Crippen LogP contribution in [0.5, 0.6) is 0 Å². The Kier molecular flexibility index (Phi) is 6.88. The lowest BCUT2D eigenvalue weighted by molar-refractivity contribution is 0.0464. The summed E-state index contributed by atoms with van der Waals surface area (Å²) in [5.74, 6) is -0.343. The van der Waals surface area contributed by atoms with Crippen LogP contribution in [0, 0.1) is 19.8 Å². The van der Waals surface area contributed by atoms with E-state index < -0.39 is 17.7 Å². The number of alkyl carbamates (subject to hydrolysis) is 1. The Labute approximate surface area is 173 Å². The molecule has 0 aliphatic heterocycles. The number of nitrogens with one attached hydrogen (secondary N) is 1. The molecule has 0 aliphatic rings. The van der Waals surface area contributed by atoms with E-state index >= 15 is 0 Å². The van der Waals surface area contributed by atoms with Crippen LogP contribution < -0.4 is 5.32 Å². The third kappa shape index (κ3) is 5.68. The van der Waals surface area contributed by atoms with E-state index in [9.17, 15) is 9.59 Å². The highest BCUT2D eigenvalue weighted by atomic mass is 16.6. The van der Waals surface area contributed by atoms with E-state index in [1.165, 1.54) is 10.9 Å². The van der Waals surface area contributed by atoms with Crippen LogP contribution in [0.1, 0.15) is 74.6 Å². The van der Waals surface area contributed by atoms with Crippen molar-refractivity contribution in [2.45, 2.75) is 66.0 Å². The third-order valence-electron chi connectivity index (χ3n) is 4.86. The molecular weight excluding hydrogens is 366 g/mol. The number of ether oxygens (including phenoxy) is 1. The summed E-state index contributed by atoms with van der Waals surface area (Å²) in [6.07, 6.45) is 2.62. The Morgan fingerprint density at radius 3 is 2.45 bits per heavy atom. The van der Waals surface area contributed by atoms with E-state index in [4.69, 9.17) is 4.74 Å². The fourth-order valence-electron chi connectivity index (χ4n) is 3.12. The first kappa shape index (κ1) is 22.7. The maximum atomic E-state index is 13.0. The number of hydrogen-bond acceptors (Lipinski definition) is 4. The van der Waals surface area contributed by atoms with Gasteiger partial charge in [-0.2, -0.15) is 0 Å². The van der Waals surface area contributed by atoms with Crippen LogP contribution in [-0.4, -0.2) is 33.2 Å². The molecule has 2 aromatic rings. The SMILES string of the molecule is [CH2]c1cccc(C(C)c2cn(C(=O)[C@@H](NC(=O)OC(C)(C)C)C(C)C)cn2)c1C. The van der Waals surface area contributed by atoms with E-state index in [0.29, 0.717) is 0 Å². The Balaban J connectivity index is 2.21. The van der Waals surface area contributed by atoms with Gasteiger partial charge in [-0.1, -0.05) is 39.0 Å². The van der Waals surface area contributed by atoms with Crippen LogP contribution in [0.2, 0.25) is 0 Å². The average molecular weight is 399 g/mol. The van der Waals surface area contributed by atoms with Crippen molar-refractivity contribution in [1.29, 1.82) is 0 Å². The topological polar surface area (TPSA) is 73.2 Å². The highest BCUT2D eigenvalue weighted by Gasteiger charge is 2.28. The maximum absolute atomic E-state index is 13.0. The molecule has 1 aromatic carbocycles. The van der Waals surface area contributed by atoms with Crippen molar-refractivity contribution in [3.05, 3.63) is 60.0 Å². The minimum atomic E-state index is -0.716. The van der Waals surface area contributed by atoms with Gasteiger partial charge in [-0.15, -0.1) is 0 Å². The van der Waals surface area contributed by atoms with Gasteiger partial charge in [0.25, 0.3) is 5.91 Å². The maximum Gasteiger partial charge on any atom is 0.408 e. The molecule has 1 radical (unpaired) electrons. The van der Waals surface area contributed by atoms with Gasteiger partial charge < -0.3 is 10.1 Å². The van der Waals surface area contributed by atoms with Crippen molar-refractivity contribution < 1.29 is 14.3 Å². The first-order chi connectivity index (χ1) is 13.4. The molecule has 1 aromatic heterocycles. The summed E-state index contributed by atoms with van der Waals surface area (Å²) < 4.78 is 6.74. The summed E-state index contributed by atoms with van der Waals surface area (Å²) in [5.41, 5.74) is 3.38. The predicted molar refractivity (Wildman–Crippen MR) is 114 cm³/mol. The number of rotatable bonds is 5. The highest BCUT2D eigenvalue weighted by molar-refractivity contribution is 5.87. The molecule has 0 aliphatic carbocycles. The molecule has 1 unspecified atom stereocenters. The standard InChI is InChI=1S/C23H32N3O3/c1-14(2)20(25-22(28)29-23(6,7)8)21(27)26-12-19(24-13-26)17(5)18-11-9-10-15(3)16(18)4/h9-14,17,20H,3H2,1-2,4-8H3,(H,25,28)/t17?,20-/m0/s1. The Morgan fingerprint density at radius 1 is 1.21 bits per heavy atom. The number of benzene rings is 1. The van der Waals surface area contributed by atoms with Gasteiger partial charge >= 0.3 is 6.09 Å². The van der Waals surface area contributed by atoms with Gasteiger partial charge in [0.15, 0.2) is 0 Å². The molecule has 1 N–H and O–H groups in total. The van der Waals surface area contributed by atoms with Gasteiger partial charge in [0.05, 0.1) is 5.69 Å². The van der Waals surface area contributed by atoms with Crippen molar-refractivity contribution in [3.63, 3.8) is 0 Å². The fourth-order valence-corrected chi connectivity index (χ4v) is 3.12. The van der Waals surface area contributed by atoms with Crippen LogP contribution in [0.4, 0.5) is 4.79 Å². The van der Waals surface area contributed by atoms with Gasteiger partial charge in [0.1, 0.15) is 18.0 Å². The molecular formula is C23H32N3O3. The zero-order valence-corrected chi connectivity index (χ0v) is 18.4. The number of hydrogen-bond donors (Lipinski definition) is 1. The Morgan fingerprint density at radius 2 is 1.86 bits per heavy atom. The van der Waals surface area contributed by atoms with Gasteiger partial charge in [-0.3, -0.25) is 9.36 Å². The minimum Gasteiger partial charge on any atom is -0.444 e. The first-order valence-corrected chi connectivity index (χ1v) is 9.89. The molecule has 6 nitrogen and oxygen atoms in total. The number of amides is 1. The molecule has 0 saturated carbocycles. The quantitative estimate of drug-likeness (QED) is 0.791. The van der Waals surface area contributed by atoms with E-state index in [2.05, 4.69) is 30.2 Å². The van der Waals surface area contributed by atoms with Crippen LogP contribution >= 0.6 is 0 Å². The minimum absolute atomic E-state index is 0.0158. The van der Waals surface area contributed by atoms with Gasteiger partial charge in [0, 0.05) is 12.1 Å². The monoisotopic (exact) mass is 398 g/mol. The zero-order valence-electron chi connectivity index (χ0n) is 18.4. The largest absolute Gasteiger partial charge is 0.444 e. The molecule has 2 atom stereocenters. The van der Waals surface area contributed by atoms with Crippen molar-refractivity contribution in [2.24, 2.45) is 5.92 Å². The average Bonchev–Trinajstić information content (AvgIpc) is 3.09. The van der Waals surface area contributed by atoms with E-state index in [0.717, 1.165) is 22.4 Å². The Bertz CT molecular complexity index is 878. The second kappa shape index (κ2) is 8.80. The molecule has 0 saturated heterocycles.